The van der Waals surface area contributed by atoms with E-state index in [2.05, 4.69) is 27.6 Å². The number of pyridine rings is 1. The highest BCUT2D eigenvalue weighted by Gasteiger charge is 2.18. The Kier molecular flexibility index (Phi) is 5.52. The summed E-state index contributed by atoms with van der Waals surface area (Å²) in [4.78, 5) is 18.8. The van der Waals surface area contributed by atoms with Crippen molar-refractivity contribution in [2.75, 3.05) is 45.2 Å². The fraction of sp³-hybridized carbons (Fsp3) is 0.600. The van der Waals surface area contributed by atoms with Crippen LogP contribution in [0.4, 0.5) is 5.82 Å². The van der Waals surface area contributed by atoms with Crippen LogP contribution in [0.25, 0.3) is 0 Å². The van der Waals surface area contributed by atoms with Gasteiger partial charge in [0.1, 0.15) is 5.82 Å². The first-order valence-corrected chi connectivity index (χ1v) is 7.39. The quantitative estimate of drug-likeness (QED) is 0.843. The van der Waals surface area contributed by atoms with Crippen molar-refractivity contribution in [3.63, 3.8) is 0 Å². The van der Waals surface area contributed by atoms with Gasteiger partial charge < -0.3 is 20.3 Å². The summed E-state index contributed by atoms with van der Waals surface area (Å²) in [5.74, 6) is 0.646. The Labute approximate surface area is 125 Å². The zero-order valence-electron chi connectivity index (χ0n) is 13.0. The number of morpholine rings is 1. The number of amides is 1. The number of aryl methyl sites for hydroxylation is 1. The van der Waals surface area contributed by atoms with E-state index in [0.717, 1.165) is 37.8 Å². The van der Waals surface area contributed by atoms with E-state index in [1.807, 2.05) is 13.8 Å². The molecule has 116 valence electrons. The number of carbonyl (C=O) groups excluding carboxylic acids is 1. The van der Waals surface area contributed by atoms with Gasteiger partial charge in [-0.3, -0.25) is 4.79 Å². The minimum atomic E-state index is -0.0866. The first kappa shape index (κ1) is 15.7. The molecule has 0 aliphatic carbocycles. The molecule has 0 aromatic carbocycles. The maximum Gasteiger partial charge on any atom is 0.251 e. The summed E-state index contributed by atoms with van der Waals surface area (Å²) in [5, 5.41) is 6.07. The number of likely N-dealkylation sites (N-methyl/N-ethyl adjacent to an activating group) is 1. The average Bonchev–Trinajstić information content (AvgIpc) is 2.44. The number of hydrogen-bond acceptors (Lipinski definition) is 5. The molecule has 2 N–H and O–H groups in total. The monoisotopic (exact) mass is 292 g/mol. The van der Waals surface area contributed by atoms with Crippen molar-refractivity contribution >= 4 is 11.7 Å². The number of nitrogens with one attached hydrogen (secondary N) is 2. The summed E-state index contributed by atoms with van der Waals surface area (Å²) < 4.78 is 5.64. The predicted octanol–water partition coefficient (Wildman–Crippen LogP) is 0.882. The molecular weight excluding hydrogens is 268 g/mol. The molecule has 1 unspecified atom stereocenters. The van der Waals surface area contributed by atoms with Crippen LogP contribution in [0.15, 0.2) is 12.1 Å². The molecule has 1 atom stereocenters. The van der Waals surface area contributed by atoms with Crippen LogP contribution in [0.2, 0.25) is 0 Å². The molecule has 2 heterocycles. The molecule has 6 nitrogen and oxygen atoms in total. The van der Waals surface area contributed by atoms with E-state index in [-0.39, 0.29) is 12.0 Å². The average molecular weight is 292 g/mol. The Morgan fingerprint density at radius 2 is 2.33 bits per heavy atom. The van der Waals surface area contributed by atoms with Crippen molar-refractivity contribution in [2.45, 2.75) is 20.0 Å². The number of aromatic nitrogens is 1. The molecule has 0 saturated carbocycles. The summed E-state index contributed by atoms with van der Waals surface area (Å²) in [6.45, 7) is 7.70. The van der Waals surface area contributed by atoms with E-state index < -0.39 is 0 Å². The second kappa shape index (κ2) is 7.38. The predicted molar refractivity (Wildman–Crippen MR) is 82.7 cm³/mol. The van der Waals surface area contributed by atoms with Crippen LogP contribution in [0.3, 0.4) is 0 Å². The van der Waals surface area contributed by atoms with Gasteiger partial charge in [0.05, 0.1) is 12.7 Å². The molecule has 0 spiro atoms. The zero-order chi connectivity index (χ0) is 15.2. The summed E-state index contributed by atoms with van der Waals surface area (Å²) in [6.07, 6.45) is 0.0591. The molecule has 21 heavy (non-hydrogen) atoms. The van der Waals surface area contributed by atoms with Crippen LogP contribution >= 0.6 is 0 Å². The van der Waals surface area contributed by atoms with Crippen LogP contribution in [-0.4, -0.2) is 61.7 Å². The lowest BCUT2D eigenvalue weighted by atomic mass is 10.2. The second-order valence-corrected chi connectivity index (χ2v) is 5.38. The van der Waals surface area contributed by atoms with Crippen LogP contribution in [0, 0.1) is 6.92 Å². The molecule has 1 saturated heterocycles. The van der Waals surface area contributed by atoms with E-state index in [1.54, 1.807) is 12.1 Å². The summed E-state index contributed by atoms with van der Waals surface area (Å²) in [7, 11) is 2.06. The molecular formula is C15H24N4O2. The second-order valence-electron chi connectivity index (χ2n) is 5.38. The molecule has 0 bridgehead atoms. The molecule has 6 heteroatoms. The van der Waals surface area contributed by atoms with Gasteiger partial charge in [-0.15, -0.1) is 0 Å². The first-order chi connectivity index (χ1) is 10.1. The van der Waals surface area contributed by atoms with E-state index in [4.69, 9.17) is 4.74 Å². The summed E-state index contributed by atoms with van der Waals surface area (Å²) in [5.41, 5.74) is 1.45. The number of ether oxygens (including phenoxy) is 1. The van der Waals surface area contributed by atoms with Gasteiger partial charge in [-0.1, -0.05) is 0 Å². The fourth-order valence-electron chi connectivity index (χ4n) is 2.37. The number of carbonyl (C=O) groups is 1. The zero-order valence-corrected chi connectivity index (χ0v) is 13.0. The Morgan fingerprint density at radius 1 is 1.52 bits per heavy atom. The van der Waals surface area contributed by atoms with Crippen molar-refractivity contribution in [3.8, 4) is 0 Å². The van der Waals surface area contributed by atoms with E-state index in [1.165, 1.54) is 0 Å². The number of rotatable bonds is 5. The Bertz CT molecular complexity index is 493. The highest BCUT2D eigenvalue weighted by molar-refractivity contribution is 5.95. The van der Waals surface area contributed by atoms with Crippen molar-refractivity contribution in [2.24, 2.45) is 0 Å². The minimum absolute atomic E-state index is 0.0591. The van der Waals surface area contributed by atoms with Gasteiger partial charge in [0.25, 0.3) is 5.91 Å². The highest BCUT2D eigenvalue weighted by atomic mass is 16.5. The van der Waals surface area contributed by atoms with Crippen molar-refractivity contribution in [3.05, 3.63) is 23.4 Å². The van der Waals surface area contributed by atoms with Gasteiger partial charge in [-0.2, -0.15) is 0 Å². The Hall–Kier alpha value is -1.66. The summed E-state index contributed by atoms with van der Waals surface area (Å²) >= 11 is 0. The largest absolute Gasteiger partial charge is 0.374 e. The lowest BCUT2D eigenvalue weighted by molar-refractivity contribution is -0.0175. The van der Waals surface area contributed by atoms with Gasteiger partial charge in [0.15, 0.2) is 0 Å². The van der Waals surface area contributed by atoms with Crippen LogP contribution < -0.4 is 10.6 Å². The SMILES string of the molecule is CCNc1cc(C(=O)NCC2CN(C)CCO2)cc(C)n1. The minimum Gasteiger partial charge on any atom is -0.374 e. The Morgan fingerprint density at radius 3 is 3.05 bits per heavy atom. The van der Waals surface area contributed by atoms with Crippen LogP contribution in [0.5, 0.6) is 0 Å². The van der Waals surface area contributed by atoms with Crippen molar-refractivity contribution in [1.29, 1.82) is 0 Å². The van der Waals surface area contributed by atoms with Gasteiger partial charge >= 0.3 is 0 Å². The topological polar surface area (TPSA) is 66.5 Å². The highest BCUT2D eigenvalue weighted by Crippen LogP contribution is 2.10. The third-order valence-corrected chi connectivity index (χ3v) is 3.41. The summed E-state index contributed by atoms with van der Waals surface area (Å²) in [6, 6.07) is 3.57. The maximum absolute atomic E-state index is 12.2. The molecule has 1 aliphatic heterocycles. The molecule has 0 radical (unpaired) electrons. The molecule has 1 aromatic rings. The maximum atomic E-state index is 12.2. The fourth-order valence-corrected chi connectivity index (χ4v) is 2.37. The Balaban J connectivity index is 1.93. The lowest BCUT2D eigenvalue weighted by Crippen LogP contribution is -2.45. The van der Waals surface area contributed by atoms with Gasteiger partial charge in [0.2, 0.25) is 0 Å². The van der Waals surface area contributed by atoms with Gasteiger partial charge in [0, 0.05) is 37.4 Å². The van der Waals surface area contributed by atoms with E-state index >= 15 is 0 Å². The van der Waals surface area contributed by atoms with E-state index in [9.17, 15) is 4.79 Å². The third kappa shape index (κ3) is 4.68. The normalized spacial score (nSPS) is 19.3. The lowest BCUT2D eigenvalue weighted by Gasteiger charge is -2.30. The standard InChI is InChI=1S/C15H24N4O2/c1-4-16-14-8-12(7-11(2)18-14)15(20)17-9-13-10-19(3)5-6-21-13/h7-8,13H,4-6,9-10H2,1-3H3,(H,16,18)(H,17,20). The number of anilines is 1. The first-order valence-electron chi connectivity index (χ1n) is 7.39. The molecule has 1 aromatic heterocycles. The smallest absolute Gasteiger partial charge is 0.251 e. The van der Waals surface area contributed by atoms with Gasteiger partial charge in [-0.25, -0.2) is 4.98 Å². The molecule has 2 rings (SSSR count). The van der Waals surface area contributed by atoms with Crippen molar-refractivity contribution < 1.29 is 9.53 Å². The van der Waals surface area contributed by atoms with Gasteiger partial charge in [-0.05, 0) is 33.0 Å². The van der Waals surface area contributed by atoms with Crippen LogP contribution in [0.1, 0.15) is 23.0 Å². The number of nitrogens with zero attached hydrogens (tertiary/aromatic N) is 2. The van der Waals surface area contributed by atoms with Crippen molar-refractivity contribution in [1.82, 2.24) is 15.2 Å². The van der Waals surface area contributed by atoms with Crippen LogP contribution in [-0.2, 0) is 4.74 Å². The number of hydrogen-bond donors (Lipinski definition) is 2. The van der Waals surface area contributed by atoms with E-state index in [0.29, 0.717) is 12.1 Å². The molecule has 1 amide bonds. The third-order valence-electron chi connectivity index (χ3n) is 3.41. The molecule has 1 fully saturated rings. The molecule has 1 aliphatic rings.